The minimum atomic E-state index is -1.45. The van der Waals surface area contributed by atoms with Crippen LogP contribution in [0.4, 0.5) is 8.78 Å². The fourth-order valence-corrected chi connectivity index (χ4v) is 3.37. The van der Waals surface area contributed by atoms with Crippen LogP contribution in [0.3, 0.4) is 0 Å². The zero-order chi connectivity index (χ0) is 15.7. The van der Waals surface area contributed by atoms with Crippen molar-refractivity contribution in [2.75, 3.05) is 12.3 Å². The summed E-state index contributed by atoms with van der Waals surface area (Å²) < 4.78 is 26.6. The summed E-state index contributed by atoms with van der Waals surface area (Å²) >= 11 is 1.71. The molecule has 114 valence electrons. The first-order valence-corrected chi connectivity index (χ1v) is 7.52. The Bertz CT molecular complexity index is 594. The van der Waals surface area contributed by atoms with Crippen molar-refractivity contribution in [3.05, 3.63) is 34.9 Å². The summed E-state index contributed by atoms with van der Waals surface area (Å²) in [6, 6.07) is 1.11. The number of aromatic carboxylic acids is 1. The van der Waals surface area contributed by atoms with Crippen LogP contribution in [-0.4, -0.2) is 45.5 Å². The van der Waals surface area contributed by atoms with Crippen LogP contribution in [0.15, 0.2) is 12.1 Å². The zero-order valence-corrected chi connectivity index (χ0v) is 12.4. The molecule has 1 aromatic carbocycles. The molecule has 1 aliphatic rings. The average molecular weight is 315 g/mol. The lowest BCUT2D eigenvalue weighted by Crippen LogP contribution is -2.48. The van der Waals surface area contributed by atoms with Gasteiger partial charge in [-0.15, -0.1) is 0 Å². The maximum absolute atomic E-state index is 13.4. The maximum atomic E-state index is 13.4. The molecule has 0 aliphatic carbocycles. The molecule has 21 heavy (non-hydrogen) atoms. The summed E-state index contributed by atoms with van der Waals surface area (Å²) in [6.07, 6.45) is 0. The Morgan fingerprint density at radius 2 is 1.81 bits per heavy atom. The van der Waals surface area contributed by atoms with Crippen molar-refractivity contribution < 1.29 is 23.5 Å². The van der Waals surface area contributed by atoms with E-state index in [0.29, 0.717) is 18.7 Å². The van der Waals surface area contributed by atoms with Crippen LogP contribution in [-0.2, 0) is 0 Å². The smallest absolute Gasteiger partial charge is 0.336 e. The molecule has 1 aromatic rings. The highest BCUT2D eigenvalue weighted by molar-refractivity contribution is 8.00. The van der Waals surface area contributed by atoms with E-state index in [-0.39, 0.29) is 16.9 Å². The standard InChI is InChI=1S/C14H15F2NO3S/c1-7-8(2)21-4-3-17(7)13(18)9-5-11(15)12(16)6-10(9)14(19)20/h5-8H,3-4H2,1-2H3,(H,19,20). The van der Waals surface area contributed by atoms with Gasteiger partial charge in [-0.05, 0) is 19.1 Å². The molecule has 4 nitrogen and oxygen atoms in total. The van der Waals surface area contributed by atoms with E-state index in [2.05, 4.69) is 0 Å². The molecular weight excluding hydrogens is 300 g/mol. The van der Waals surface area contributed by atoms with E-state index in [4.69, 9.17) is 5.11 Å². The maximum Gasteiger partial charge on any atom is 0.336 e. The van der Waals surface area contributed by atoms with Crippen molar-refractivity contribution >= 4 is 23.6 Å². The van der Waals surface area contributed by atoms with Crippen LogP contribution in [0.2, 0.25) is 0 Å². The molecule has 1 aliphatic heterocycles. The van der Waals surface area contributed by atoms with Gasteiger partial charge in [0, 0.05) is 23.6 Å². The molecule has 1 fully saturated rings. The van der Waals surface area contributed by atoms with Gasteiger partial charge in [-0.3, -0.25) is 4.79 Å². The fraction of sp³-hybridized carbons (Fsp3) is 0.429. The van der Waals surface area contributed by atoms with Crippen LogP contribution in [0.5, 0.6) is 0 Å². The van der Waals surface area contributed by atoms with Gasteiger partial charge in [0.25, 0.3) is 5.91 Å². The molecule has 0 aromatic heterocycles. The number of carbonyl (C=O) groups excluding carboxylic acids is 1. The number of rotatable bonds is 2. The van der Waals surface area contributed by atoms with Gasteiger partial charge < -0.3 is 10.0 Å². The van der Waals surface area contributed by atoms with E-state index >= 15 is 0 Å². The molecule has 2 rings (SSSR count). The summed E-state index contributed by atoms with van der Waals surface area (Å²) in [5, 5.41) is 9.28. The van der Waals surface area contributed by atoms with E-state index in [1.165, 1.54) is 4.90 Å². The Kier molecular flexibility index (Phi) is 4.51. The molecule has 0 spiro atoms. The summed E-state index contributed by atoms with van der Waals surface area (Å²) in [6.45, 7) is 4.28. The number of carbonyl (C=O) groups is 2. The van der Waals surface area contributed by atoms with Crippen LogP contribution >= 0.6 is 11.8 Å². The van der Waals surface area contributed by atoms with Gasteiger partial charge in [-0.2, -0.15) is 11.8 Å². The molecule has 0 radical (unpaired) electrons. The van der Waals surface area contributed by atoms with Crippen molar-refractivity contribution in [3.63, 3.8) is 0 Å². The Morgan fingerprint density at radius 3 is 2.38 bits per heavy atom. The molecular formula is C14H15F2NO3S. The zero-order valence-electron chi connectivity index (χ0n) is 11.6. The van der Waals surface area contributed by atoms with Crippen LogP contribution in [0.1, 0.15) is 34.6 Å². The first-order chi connectivity index (χ1) is 9.82. The third kappa shape index (κ3) is 3.02. The van der Waals surface area contributed by atoms with Crippen LogP contribution in [0.25, 0.3) is 0 Å². The van der Waals surface area contributed by atoms with Gasteiger partial charge >= 0.3 is 5.97 Å². The van der Waals surface area contributed by atoms with Crippen LogP contribution in [0, 0.1) is 11.6 Å². The number of halogens is 2. The quantitative estimate of drug-likeness (QED) is 0.911. The van der Waals surface area contributed by atoms with Gasteiger partial charge in [-0.1, -0.05) is 6.92 Å². The second kappa shape index (κ2) is 6.01. The molecule has 1 saturated heterocycles. The fourth-order valence-electron chi connectivity index (χ4n) is 2.28. The molecule has 1 amide bonds. The van der Waals surface area contributed by atoms with Gasteiger partial charge in [0.2, 0.25) is 0 Å². The van der Waals surface area contributed by atoms with Crippen molar-refractivity contribution in [1.29, 1.82) is 0 Å². The highest BCUT2D eigenvalue weighted by Gasteiger charge is 2.32. The summed E-state index contributed by atoms with van der Waals surface area (Å²) in [7, 11) is 0. The molecule has 7 heteroatoms. The average Bonchev–Trinajstić information content (AvgIpc) is 2.43. The Labute approximate surface area is 125 Å². The van der Waals surface area contributed by atoms with Crippen molar-refractivity contribution in [1.82, 2.24) is 4.90 Å². The number of benzene rings is 1. The number of amides is 1. The van der Waals surface area contributed by atoms with Crippen molar-refractivity contribution in [3.8, 4) is 0 Å². The molecule has 1 N–H and O–H groups in total. The highest BCUT2D eigenvalue weighted by Crippen LogP contribution is 2.27. The highest BCUT2D eigenvalue weighted by atomic mass is 32.2. The number of hydrogen-bond acceptors (Lipinski definition) is 3. The number of thioether (sulfide) groups is 1. The number of carboxylic acid groups (broad SMARTS) is 1. The lowest BCUT2D eigenvalue weighted by atomic mass is 10.0. The molecule has 1 heterocycles. The Hall–Kier alpha value is -1.63. The van der Waals surface area contributed by atoms with Gasteiger partial charge in [0.05, 0.1) is 11.1 Å². The summed E-state index contributed by atoms with van der Waals surface area (Å²) in [5.74, 6) is -3.81. The van der Waals surface area contributed by atoms with Crippen molar-refractivity contribution in [2.24, 2.45) is 0 Å². The molecule has 0 saturated carbocycles. The number of nitrogens with zero attached hydrogens (tertiary/aromatic N) is 1. The first kappa shape index (κ1) is 15.8. The van der Waals surface area contributed by atoms with Crippen molar-refractivity contribution in [2.45, 2.75) is 25.1 Å². The minimum absolute atomic E-state index is 0.106. The van der Waals surface area contributed by atoms with E-state index in [1.807, 2.05) is 13.8 Å². The van der Waals surface area contributed by atoms with Gasteiger partial charge in [-0.25, -0.2) is 13.6 Å². The number of hydrogen-bond donors (Lipinski definition) is 1. The van der Waals surface area contributed by atoms with Crippen LogP contribution < -0.4 is 0 Å². The minimum Gasteiger partial charge on any atom is -0.478 e. The monoisotopic (exact) mass is 315 g/mol. The van der Waals surface area contributed by atoms with E-state index in [0.717, 1.165) is 5.75 Å². The number of carboxylic acids is 1. The molecule has 2 atom stereocenters. The predicted octanol–water partition coefficient (Wildman–Crippen LogP) is 2.63. The predicted molar refractivity (Wildman–Crippen MR) is 75.7 cm³/mol. The second-order valence-electron chi connectivity index (χ2n) is 4.93. The second-order valence-corrected chi connectivity index (χ2v) is 6.42. The third-order valence-electron chi connectivity index (χ3n) is 3.67. The van der Waals surface area contributed by atoms with E-state index in [9.17, 15) is 18.4 Å². The summed E-state index contributed by atoms with van der Waals surface area (Å²) in [4.78, 5) is 25.2. The normalized spacial score (nSPS) is 22.2. The largest absolute Gasteiger partial charge is 0.478 e. The van der Waals surface area contributed by atoms with E-state index < -0.39 is 29.1 Å². The van der Waals surface area contributed by atoms with E-state index in [1.54, 1.807) is 11.8 Å². The van der Waals surface area contributed by atoms with Gasteiger partial charge in [0.1, 0.15) is 0 Å². The Balaban J connectivity index is 2.43. The molecule has 0 bridgehead atoms. The Morgan fingerprint density at radius 1 is 1.24 bits per heavy atom. The third-order valence-corrected chi connectivity index (χ3v) is 5.00. The lowest BCUT2D eigenvalue weighted by molar-refractivity contribution is 0.0653. The first-order valence-electron chi connectivity index (χ1n) is 6.47. The lowest BCUT2D eigenvalue weighted by Gasteiger charge is -2.37. The molecule has 2 unspecified atom stereocenters. The SMILES string of the molecule is CC1SCCN(C(=O)c2cc(F)c(F)cc2C(=O)O)C1C. The topological polar surface area (TPSA) is 57.6 Å². The summed E-state index contributed by atoms with van der Waals surface area (Å²) in [5.41, 5.74) is -0.829. The van der Waals surface area contributed by atoms with Gasteiger partial charge in [0.15, 0.2) is 11.6 Å².